The Morgan fingerprint density at radius 2 is 1.88 bits per heavy atom. The molecular weight excluding hydrogens is 202 g/mol. The molecule has 16 heavy (non-hydrogen) atoms. The van der Waals surface area contributed by atoms with E-state index in [4.69, 9.17) is 0 Å². The lowest BCUT2D eigenvalue weighted by Crippen LogP contribution is -2.48. The smallest absolute Gasteiger partial charge is 0.234 e. The van der Waals surface area contributed by atoms with Crippen LogP contribution in [-0.2, 0) is 4.79 Å². The molecule has 1 aliphatic heterocycles. The van der Waals surface area contributed by atoms with Crippen LogP contribution in [0.2, 0.25) is 0 Å². The third-order valence-electron chi connectivity index (χ3n) is 3.01. The fourth-order valence-corrected chi connectivity index (χ4v) is 1.77. The van der Waals surface area contributed by atoms with Crippen molar-refractivity contribution in [3.63, 3.8) is 0 Å². The Morgan fingerprint density at radius 1 is 1.25 bits per heavy atom. The van der Waals surface area contributed by atoms with Crippen molar-refractivity contribution < 1.29 is 4.79 Å². The number of hydrogen-bond donors (Lipinski definition) is 1. The van der Waals surface area contributed by atoms with Crippen LogP contribution in [0.4, 0.5) is 0 Å². The van der Waals surface area contributed by atoms with Gasteiger partial charge in [0.2, 0.25) is 5.91 Å². The summed E-state index contributed by atoms with van der Waals surface area (Å²) in [6.07, 6.45) is 1.06. The van der Waals surface area contributed by atoms with E-state index < -0.39 is 0 Å². The summed E-state index contributed by atoms with van der Waals surface area (Å²) in [7, 11) is 2.13. The van der Waals surface area contributed by atoms with Gasteiger partial charge in [-0.3, -0.25) is 9.69 Å². The number of piperazine rings is 1. The Balaban J connectivity index is 2.09. The zero-order chi connectivity index (χ0) is 12.0. The number of nitrogens with zero attached hydrogens (tertiary/aromatic N) is 2. The van der Waals surface area contributed by atoms with Crippen LogP contribution in [-0.4, -0.2) is 62.0 Å². The zero-order valence-corrected chi connectivity index (χ0v) is 10.8. The van der Waals surface area contributed by atoms with Gasteiger partial charge in [-0.15, -0.1) is 0 Å². The molecule has 0 saturated carbocycles. The van der Waals surface area contributed by atoms with E-state index in [2.05, 4.69) is 36.0 Å². The predicted molar refractivity (Wildman–Crippen MR) is 66.4 cm³/mol. The first-order valence-corrected chi connectivity index (χ1v) is 6.25. The number of nitrogens with one attached hydrogen (secondary N) is 1. The Labute approximate surface area is 99.0 Å². The van der Waals surface area contributed by atoms with E-state index in [-0.39, 0.29) is 5.91 Å². The van der Waals surface area contributed by atoms with Gasteiger partial charge >= 0.3 is 0 Å². The van der Waals surface area contributed by atoms with Crippen molar-refractivity contribution in [3.8, 4) is 0 Å². The molecule has 1 saturated heterocycles. The standard InChI is InChI=1S/C12H25N3O/c1-11(2)4-5-13-12(16)10-15-8-6-14(3)7-9-15/h11H,4-10H2,1-3H3,(H,13,16). The molecule has 1 N–H and O–H groups in total. The molecule has 94 valence electrons. The lowest BCUT2D eigenvalue weighted by Gasteiger charge is -2.31. The van der Waals surface area contributed by atoms with Gasteiger partial charge < -0.3 is 10.2 Å². The summed E-state index contributed by atoms with van der Waals surface area (Å²) in [6.45, 7) is 9.87. The van der Waals surface area contributed by atoms with Gasteiger partial charge in [0.1, 0.15) is 0 Å². The van der Waals surface area contributed by atoms with Crippen molar-refractivity contribution >= 4 is 5.91 Å². The van der Waals surface area contributed by atoms with Gasteiger partial charge in [0.05, 0.1) is 6.54 Å². The van der Waals surface area contributed by atoms with Crippen LogP contribution in [0.3, 0.4) is 0 Å². The minimum absolute atomic E-state index is 0.171. The van der Waals surface area contributed by atoms with Crippen LogP contribution < -0.4 is 5.32 Å². The number of hydrogen-bond acceptors (Lipinski definition) is 3. The first kappa shape index (κ1) is 13.5. The van der Waals surface area contributed by atoms with Crippen molar-refractivity contribution in [2.75, 3.05) is 46.3 Å². The molecule has 0 aromatic rings. The average Bonchev–Trinajstić information content (AvgIpc) is 2.21. The second-order valence-corrected chi connectivity index (χ2v) is 5.11. The first-order valence-electron chi connectivity index (χ1n) is 6.25. The van der Waals surface area contributed by atoms with Crippen LogP contribution in [0.5, 0.6) is 0 Å². The van der Waals surface area contributed by atoms with Gasteiger partial charge in [-0.05, 0) is 19.4 Å². The molecule has 0 aromatic heterocycles. The molecule has 0 aliphatic carbocycles. The quantitative estimate of drug-likeness (QED) is 0.738. The number of carbonyl (C=O) groups is 1. The summed E-state index contributed by atoms with van der Waals surface area (Å²) < 4.78 is 0. The van der Waals surface area contributed by atoms with E-state index >= 15 is 0 Å². The lowest BCUT2D eigenvalue weighted by atomic mass is 10.1. The normalized spacial score (nSPS) is 19.0. The van der Waals surface area contributed by atoms with E-state index in [1.807, 2.05) is 0 Å². The Bertz CT molecular complexity index is 210. The van der Waals surface area contributed by atoms with Crippen LogP contribution in [0.15, 0.2) is 0 Å². The number of rotatable bonds is 5. The molecule has 4 heteroatoms. The highest BCUT2D eigenvalue weighted by molar-refractivity contribution is 5.77. The molecule has 0 radical (unpaired) electrons. The zero-order valence-electron chi connectivity index (χ0n) is 10.8. The summed E-state index contributed by atoms with van der Waals surface area (Å²) in [4.78, 5) is 16.1. The number of amides is 1. The molecule has 0 atom stereocenters. The van der Waals surface area contributed by atoms with Gasteiger partial charge in [0, 0.05) is 32.7 Å². The molecule has 0 bridgehead atoms. The SMILES string of the molecule is CC(C)CCNC(=O)CN1CCN(C)CC1. The van der Waals surface area contributed by atoms with Gasteiger partial charge in [0.25, 0.3) is 0 Å². The van der Waals surface area contributed by atoms with E-state index in [9.17, 15) is 4.79 Å². The molecule has 0 spiro atoms. The van der Waals surface area contributed by atoms with E-state index in [1.165, 1.54) is 0 Å². The van der Waals surface area contributed by atoms with Crippen LogP contribution in [0.25, 0.3) is 0 Å². The molecule has 1 amide bonds. The Morgan fingerprint density at radius 3 is 2.44 bits per heavy atom. The van der Waals surface area contributed by atoms with Crippen molar-refractivity contribution in [1.29, 1.82) is 0 Å². The lowest BCUT2D eigenvalue weighted by molar-refractivity contribution is -0.122. The van der Waals surface area contributed by atoms with E-state index in [1.54, 1.807) is 0 Å². The highest BCUT2D eigenvalue weighted by Gasteiger charge is 2.15. The van der Waals surface area contributed by atoms with Crippen LogP contribution >= 0.6 is 0 Å². The third kappa shape index (κ3) is 5.47. The molecule has 0 aromatic carbocycles. The summed E-state index contributed by atoms with van der Waals surface area (Å²) in [5.74, 6) is 0.828. The van der Waals surface area contributed by atoms with Gasteiger partial charge in [-0.25, -0.2) is 0 Å². The van der Waals surface area contributed by atoms with Crippen LogP contribution in [0, 0.1) is 5.92 Å². The highest BCUT2D eigenvalue weighted by atomic mass is 16.2. The third-order valence-corrected chi connectivity index (χ3v) is 3.01. The van der Waals surface area contributed by atoms with Crippen molar-refractivity contribution in [3.05, 3.63) is 0 Å². The predicted octanol–water partition coefficient (Wildman–Crippen LogP) is 0.396. The van der Waals surface area contributed by atoms with E-state index in [0.717, 1.165) is 39.1 Å². The maximum atomic E-state index is 11.6. The van der Waals surface area contributed by atoms with Gasteiger partial charge in [-0.2, -0.15) is 0 Å². The monoisotopic (exact) mass is 227 g/mol. The Hall–Kier alpha value is -0.610. The fraction of sp³-hybridized carbons (Fsp3) is 0.917. The molecule has 1 fully saturated rings. The van der Waals surface area contributed by atoms with Crippen molar-refractivity contribution in [2.45, 2.75) is 20.3 Å². The van der Waals surface area contributed by atoms with Gasteiger partial charge in [0.15, 0.2) is 0 Å². The van der Waals surface area contributed by atoms with E-state index in [0.29, 0.717) is 12.5 Å². The fourth-order valence-electron chi connectivity index (χ4n) is 1.77. The van der Waals surface area contributed by atoms with Crippen LogP contribution in [0.1, 0.15) is 20.3 Å². The second-order valence-electron chi connectivity index (χ2n) is 5.11. The highest BCUT2D eigenvalue weighted by Crippen LogP contribution is 1.99. The minimum atomic E-state index is 0.171. The minimum Gasteiger partial charge on any atom is -0.355 e. The van der Waals surface area contributed by atoms with Gasteiger partial charge in [-0.1, -0.05) is 13.8 Å². The topological polar surface area (TPSA) is 35.6 Å². The summed E-state index contributed by atoms with van der Waals surface area (Å²) >= 11 is 0. The molecular formula is C12H25N3O. The first-order chi connectivity index (χ1) is 7.58. The van der Waals surface area contributed by atoms with Crippen molar-refractivity contribution in [2.24, 2.45) is 5.92 Å². The average molecular weight is 227 g/mol. The molecule has 1 aliphatic rings. The maximum Gasteiger partial charge on any atom is 0.234 e. The summed E-state index contributed by atoms with van der Waals surface area (Å²) in [6, 6.07) is 0. The summed E-state index contributed by atoms with van der Waals surface area (Å²) in [5, 5.41) is 2.98. The molecule has 1 heterocycles. The molecule has 4 nitrogen and oxygen atoms in total. The number of carbonyl (C=O) groups excluding carboxylic acids is 1. The largest absolute Gasteiger partial charge is 0.355 e. The summed E-state index contributed by atoms with van der Waals surface area (Å²) in [5.41, 5.74) is 0. The number of likely N-dealkylation sites (N-methyl/N-ethyl adjacent to an activating group) is 1. The molecule has 0 unspecified atom stereocenters. The second kappa shape index (κ2) is 6.86. The maximum absolute atomic E-state index is 11.6. The molecule has 1 rings (SSSR count). The van der Waals surface area contributed by atoms with Crippen molar-refractivity contribution in [1.82, 2.24) is 15.1 Å². The Kier molecular flexibility index (Phi) is 5.77.